The van der Waals surface area contributed by atoms with Gasteiger partial charge in [0, 0.05) is 17.6 Å². The molecule has 1 aromatic carbocycles. The van der Waals surface area contributed by atoms with Crippen molar-refractivity contribution in [2.45, 2.75) is 33.7 Å². The first-order chi connectivity index (χ1) is 9.26. The van der Waals surface area contributed by atoms with Crippen LogP contribution in [0.4, 0.5) is 5.69 Å². The number of benzene rings is 1. The molecule has 20 heavy (non-hydrogen) atoms. The van der Waals surface area contributed by atoms with Gasteiger partial charge in [-0.3, -0.25) is 9.59 Å². The highest BCUT2D eigenvalue weighted by Crippen LogP contribution is 2.24. The van der Waals surface area contributed by atoms with Crippen LogP contribution in [-0.2, 0) is 16.1 Å². The fourth-order valence-corrected chi connectivity index (χ4v) is 1.81. The van der Waals surface area contributed by atoms with Crippen molar-refractivity contribution in [3.8, 4) is 0 Å². The maximum absolute atomic E-state index is 12.5. The summed E-state index contributed by atoms with van der Waals surface area (Å²) in [6.45, 7) is 5.96. The minimum absolute atomic E-state index is 0.0735. The molecular weight excluding hydrogens is 254 g/mol. The summed E-state index contributed by atoms with van der Waals surface area (Å²) in [6, 6.07) is 7.23. The third kappa shape index (κ3) is 4.26. The molecule has 0 aliphatic rings. The van der Waals surface area contributed by atoms with Crippen LogP contribution in [0.2, 0.25) is 0 Å². The molecule has 1 rings (SSSR count). The van der Waals surface area contributed by atoms with Gasteiger partial charge in [-0.15, -0.1) is 0 Å². The Morgan fingerprint density at radius 3 is 2.20 bits per heavy atom. The zero-order chi connectivity index (χ0) is 15.3. The number of hydrogen-bond acceptors (Lipinski definition) is 3. The van der Waals surface area contributed by atoms with Crippen LogP contribution >= 0.6 is 0 Å². The number of hydrogen-bond donors (Lipinski definition) is 2. The molecule has 0 aromatic heterocycles. The van der Waals surface area contributed by atoms with Gasteiger partial charge in [-0.1, -0.05) is 32.9 Å². The summed E-state index contributed by atoms with van der Waals surface area (Å²) in [4.78, 5) is 25.2. The second-order valence-electron chi connectivity index (χ2n) is 5.61. The lowest BCUT2D eigenvalue weighted by Gasteiger charge is -2.30. The molecule has 0 aliphatic heterocycles. The number of amides is 2. The molecule has 0 heterocycles. The van der Waals surface area contributed by atoms with E-state index in [1.54, 1.807) is 12.1 Å². The molecule has 0 aliphatic carbocycles. The van der Waals surface area contributed by atoms with Gasteiger partial charge in [0.2, 0.25) is 11.8 Å². The standard InChI is InChI=1S/C15H23N3O2/c1-4-15(2,3)14(20)18(10-13(17)19)9-11-5-7-12(16)8-6-11/h5-8H,4,9-10,16H2,1-3H3,(H2,17,19). The van der Waals surface area contributed by atoms with Crippen molar-refractivity contribution in [3.63, 3.8) is 0 Å². The van der Waals surface area contributed by atoms with E-state index in [-0.39, 0.29) is 12.5 Å². The topological polar surface area (TPSA) is 89.4 Å². The average molecular weight is 277 g/mol. The third-order valence-corrected chi connectivity index (χ3v) is 3.45. The van der Waals surface area contributed by atoms with Crippen LogP contribution in [0.1, 0.15) is 32.8 Å². The first-order valence-electron chi connectivity index (χ1n) is 6.68. The van der Waals surface area contributed by atoms with Gasteiger partial charge < -0.3 is 16.4 Å². The summed E-state index contributed by atoms with van der Waals surface area (Å²) in [5, 5.41) is 0. The number of nitrogen functional groups attached to an aromatic ring is 1. The molecule has 1 aromatic rings. The van der Waals surface area contributed by atoms with Crippen LogP contribution in [0.15, 0.2) is 24.3 Å². The number of carbonyl (C=O) groups excluding carboxylic acids is 2. The van der Waals surface area contributed by atoms with Crippen molar-refractivity contribution in [2.75, 3.05) is 12.3 Å². The summed E-state index contributed by atoms with van der Waals surface area (Å²) in [7, 11) is 0. The summed E-state index contributed by atoms with van der Waals surface area (Å²) < 4.78 is 0. The van der Waals surface area contributed by atoms with Crippen molar-refractivity contribution in [1.29, 1.82) is 0 Å². The highest BCUT2D eigenvalue weighted by Gasteiger charge is 2.30. The van der Waals surface area contributed by atoms with E-state index in [9.17, 15) is 9.59 Å². The van der Waals surface area contributed by atoms with E-state index in [0.29, 0.717) is 18.7 Å². The van der Waals surface area contributed by atoms with Crippen molar-refractivity contribution in [3.05, 3.63) is 29.8 Å². The molecule has 5 heteroatoms. The predicted molar refractivity (Wildman–Crippen MR) is 79.5 cm³/mol. The lowest BCUT2D eigenvalue weighted by atomic mass is 9.88. The lowest BCUT2D eigenvalue weighted by Crippen LogP contribution is -2.44. The van der Waals surface area contributed by atoms with Crippen molar-refractivity contribution >= 4 is 17.5 Å². The van der Waals surface area contributed by atoms with E-state index >= 15 is 0 Å². The second kappa shape index (κ2) is 6.41. The number of nitrogens with two attached hydrogens (primary N) is 2. The Bertz CT molecular complexity index is 480. The van der Waals surface area contributed by atoms with Gasteiger partial charge in [0.05, 0.1) is 6.54 Å². The molecule has 4 N–H and O–H groups in total. The molecule has 0 saturated heterocycles. The quantitative estimate of drug-likeness (QED) is 0.772. The Kier molecular flexibility index (Phi) is 5.13. The second-order valence-corrected chi connectivity index (χ2v) is 5.61. The zero-order valence-corrected chi connectivity index (χ0v) is 12.3. The van der Waals surface area contributed by atoms with Crippen molar-refractivity contribution in [1.82, 2.24) is 4.90 Å². The van der Waals surface area contributed by atoms with Crippen LogP contribution in [0.25, 0.3) is 0 Å². The highest BCUT2D eigenvalue weighted by molar-refractivity contribution is 5.86. The highest BCUT2D eigenvalue weighted by atomic mass is 16.2. The van der Waals surface area contributed by atoms with Crippen LogP contribution in [0.3, 0.4) is 0 Å². The molecule has 0 saturated carbocycles. The monoisotopic (exact) mass is 277 g/mol. The number of nitrogens with zero attached hydrogens (tertiary/aromatic N) is 1. The van der Waals surface area contributed by atoms with Crippen molar-refractivity contribution < 1.29 is 9.59 Å². The summed E-state index contributed by atoms with van der Waals surface area (Å²) in [5.41, 5.74) is 11.9. The normalized spacial score (nSPS) is 11.2. The minimum Gasteiger partial charge on any atom is -0.399 e. The Hall–Kier alpha value is -2.04. The van der Waals surface area contributed by atoms with Gasteiger partial charge >= 0.3 is 0 Å². The van der Waals surface area contributed by atoms with Gasteiger partial charge in [0.15, 0.2) is 0 Å². The van der Waals surface area contributed by atoms with E-state index in [4.69, 9.17) is 11.5 Å². The maximum Gasteiger partial charge on any atom is 0.237 e. The number of carbonyl (C=O) groups is 2. The number of rotatable bonds is 6. The minimum atomic E-state index is -0.513. The van der Waals surface area contributed by atoms with Crippen LogP contribution in [0, 0.1) is 5.41 Å². The van der Waals surface area contributed by atoms with Crippen LogP contribution in [0.5, 0.6) is 0 Å². The molecule has 0 atom stereocenters. The van der Waals surface area contributed by atoms with Gasteiger partial charge in [0.25, 0.3) is 0 Å². The predicted octanol–water partition coefficient (Wildman–Crippen LogP) is 1.52. The smallest absolute Gasteiger partial charge is 0.237 e. The molecule has 0 spiro atoms. The fraction of sp³-hybridized carbons (Fsp3) is 0.467. The van der Waals surface area contributed by atoms with Gasteiger partial charge in [-0.2, -0.15) is 0 Å². The Balaban J connectivity index is 2.92. The van der Waals surface area contributed by atoms with E-state index in [0.717, 1.165) is 5.56 Å². The Morgan fingerprint density at radius 2 is 1.75 bits per heavy atom. The SMILES string of the molecule is CCC(C)(C)C(=O)N(CC(N)=O)Cc1ccc(N)cc1. The van der Waals surface area contributed by atoms with E-state index in [1.165, 1.54) is 4.90 Å². The molecule has 0 fully saturated rings. The molecule has 0 bridgehead atoms. The molecule has 5 nitrogen and oxygen atoms in total. The molecule has 110 valence electrons. The molecular formula is C15H23N3O2. The lowest BCUT2D eigenvalue weighted by molar-refractivity contribution is -0.143. The maximum atomic E-state index is 12.5. The summed E-state index contributed by atoms with van der Waals surface area (Å²) in [6.07, 6.45) is 0.697. The largest absolute Gasteiger partial charge is 0.399 e. The van der Waals surface area contributed by atoms with Crippen LogP contribution < -0.4 is 11.5 Å². The Morgan fingerprint density at radius 1 is 1.20 bits per heavy atom. The van der Waals surface area contributed by atoms with Gasteiger partial charge in [-0.25, -0.2) is 0 Å². The molecule has 2 amide bonds. The first kappa shape index (κ1) is 16.0. The van der Waals surface area contributed by atoms with E-state index < -0.39 is 11.3 Å². The first-order valence-corrected chi connectivity index (χ1v) is 6.68. The van der Waals surface area contributed by atoms with Gasteiger partial charge in [0.1, 0.15) is 0 Å². The Labute approximate surface area is 119 Å². The fourth-order valence-electron chi connectivity index (χ4n) is 1.81. The zero-order valence-electron chi connectivity index (χ0n) is 12.3. The van der Waals surface area contributed by atoms with E-state index in [2.05, 4.69) is 0 Å². The average Bonchev–Trinajstić information content (AvgIpc) is 2.39. The van der Waals surface area contributed by atoms with E-state index in [1.807, 2.05) is 32.9 Å². The van der Waals surface area contributed by atoms with Gasteiger partial charge in [-0.05, 0) is 24.1 Å². The van der Waals surface area contributed by atoms with Crippen LogP contribution in [-0.4, -0.2) is 23.3 Å². The number of primary amides is 1. The third-order valence-electron chi connectivity index (χ3n) is 3.45. The summed E-state index contributed by atoms with van der Waals surface area (Å²) >= 11 is 0. The summed E-state index contributed by atoms with van der Waals surface area (Å²) in [5.74, 6) is -0.587. The molecule has 0 unspecified atom stereocenters. The van der Waals surface area contributed by atoms with Crippen molar-refractivity contribution in [2.24, 2.45) is 11.1 Å². The molecule has 0 radical (unpaired) electrons. The number of anilines is 1.